The number of aryl methyl sites for hydroxylation is 1. The minimum absolute atomic E-state index is 0.754. The van der Waals surface area contributed by atoms with E-state index in [2.05, 4.69) is 56.7 Å². The van der Waals surface area contributed by atoms with E-state index in [0.717, 1.165) is 30.5 Å². The summed E-state index contributed by atoms with van der Waals surface area (Å²) in [5, 5.41) is 7.82. The lowest BCUT2D eigenvalue weighted by Gasteiger charge is -2.14. The van der Waals surface area contributed by atoms with Crippen LogP contribution in [0.2, 0.25) is 0 Å². The van der Waals surface area contributed by atoms with Crippen molar-refractivity contribution in [2.24, 2.45) is 4.99 Å². The fourth-order valence-electron chi connectivity index (χ4n) is 2.12. The third-order valence-corrected chi connectivity index (χ3v) is 4.41. The van der Waals surface area contributed by atoms with Crippen LogP contribution in [0.4, 0.5) is 5.69 Å². The van der Waals surface area contributed by atoms with Crippen LogP contribution in [0.15, 0.2) is 35.5 Å². The first-order chi connectivity index (χ1) is 11.1. The molecule has 2 rings (SSSR count). The standard InChI is InChI=1S/C17H25N5S/c1-13-11-20-16(23-13)9-10-19-17(18-2)21-12-14-5-7-15(8-6-14)22(3)4/h5-8,11H,9-10,12H2,1-4H3,(H2,18,19,21). The second kappa shape index (κ2) is 8.53. The van der Waals surface area contributed by atoms with Crippen molar-refractivity contribution in [3.05, 3.63) is 45.9 Å². The first-order valence-corrected chi connectivity index (χ1v) is 8.52. The van der Waals surface area contributed by atoms with Crippen molar-refractivity contribution in [3.63, 3.8) is 0 Å². The Labute approximate surface area is 142 Å². The van der Waals surface area contributed by atoms with Gasteiger partial charge in [-0.15, -0.1) is 11.3 Å². The summed E-state index contributed by atoms with van der Waals surface area (Å²) in [6, 6.07) is 8.51. The van der Waals surface area contributed by atoms with Gasteiger partial charge >= 0.3 is 0 Å². The Hall–Kier alpha value is -2.08. The molecule has 23 heavy (non-hydrogen) atoms. The summed E-state index contributed by atoms with van der Waals surface area (Å²) in [6.07, 6.45) is 2.83. The number of hydrogen-bond acceptors (Lipinski definition) is 4. The van der Waals surface area contributed by atoms with Crippen LogP contribution >= 0.6 is 11.3 Å². The number of aromatic nitrogens is 1. The molecule has 5 nitrogen and oxygen atoms in total. The molecule has 0 saturated carbocycles. The van der Waals surface area contributed by atoms with Crippen molar-refractivity contribution in [1.82, 2.24) is 15.6 Å². The van der Waals surface area contributed by atoms with Gasteiger partial charge in [-0.25, -0.2) is 4.98 Å². The summed E-state index contributed by atoms with van der Waals surface area (Å²) in [7, 11) is 5.88. The molecule has 124 valence electrons. The van der Waals surface area contributed by atoms with Gasteiger partial charge in [0.05, 0.1) is 5.01 Å². The molecule has 0 bridgehead atoms. The second-order valence-corrected chi connectivity index (χ2v) is 6.85. The van der Waals surface area contributed by atoms with Crippen molar-refractivity contribution >= 4 is 23.0 Å². The van der Waals surface area contributed by atoms with E-state index in [-0.39, 0.29) is 0 Å². The fourth-order valence-corrected chi connectivity index (χ4v) is 2.91. The SMILES string of the molecule is CN=C(NCCc1ncc(C)s1)NCc1ccc(N(C)C)cc1. The predicted octanol–water partition coefficient (Wildman–Crippen LogP) is 2.43. The topological polar surface area (TPSA) is 52.6 Å². The maximum Gasteiger partial charge on any atom is 0.191 e. The molecular formula is C17H25N5S. The van der Waals surface area contributed by atoms with Gasteiger partial charge in [-0.1, -0.05) is 12.1 Å². The highest BCUT2D eigenvalue weighted by Crippen LogP contribution is 2.12. The third-order valence-electron chi connectivity index (χ3n) is 3.44. The summed E-state index contributed by atoms with van der Waals surface area (Å²) in [5.74, 6) is 0.815. The molecule has 0 fully saturated rings. The van der Waals surface area contributed by atoms with Crippen LogP contribution < -0.4 is 15.5 Å². The molecule has 0 aliphatic carbocycles. The van der Waals surface area contributed by atoms with E-state index >= 15 is 0 Å². The molecule has 1 aromatic heterocycles. The number of rotatable bonds is 6. The number of nitrogens with zero attached hydrogens (tertiary/aromatic N) is 3. The van der Waals surface area contributed by atoms with Crippen molar-refractivity contribution in [2.45, 2.75) is 19.9 Å². The molecule has 0 amide bonds. The Morgan fingerprint density at radius 1 is 1.22 bits per heavy atom. The lowest BCUT2D eigenvalue weighted by atomic mass is 10.2. The van der Waals surface area contributed by atoms with Crippen LogP contribution in [0.1, 0.15) is 15.4 Å². The Kier molecular flexibility index (Phi) is 6.40. The van der Waals surface area contributed by atoms with E-state index in [9.17, 15) is 0 Å². The van der Waals surface area contributed by atoms with Gasteiger partial charge in [0.15, 0.2) is 5.96 Å². The quantitative estimate of drug-likeness (QED) is 0.630. The molecule has 0 aliphatic heterocycles. The maximum absolute atomic E-state index is 4.37. The highest BCUT2D eigenvalue weighted by Gasteiger charge is 2.02. The first-order valence-electron chi connectivity index (χ1n) is 7.70. The molecule has 0 saturated heterocycles. The van der Waals surface area contributed by atoms with Crippen molar-refractivity contribution in [2.75, 3.05) is 32.6 Å². The molecule has 0 radical (unpaired) electrons. The predicted molar refractivity (Wildman–Crippen MR) is 99.5 cm³/mol. The number of nitrogens with one attached hydrogen (secondary N) is 2. The molecule has 1 heterocycles. The first kappa shape index (κ1) is 17.3. The average Bonchev–Trinajstić information content (AvgIpc) is 2.96. The second-order valence-electron chi connectivity index (χ2n) is 5.53. The maximum atomic E-state index is 4.37. The van der Waals surface area contributed by atoms with Crippen LogP contribution in [0, 0.1) is 6.92 Å². The number of thiazole rings is 1. The van der Waals surface area contributed by atoms with Crippen LogP contribution in [0.25, 0.3) is 0 Å². The van der Waals surface area contributed by atoms with Gasteiger partial charge in [0.1, 0.15) is 0 Å². The van der Waals surface area contributed by atoms with E-state index < -0.39 is 0 Å². The molecule has 6 heteroatoms. The molecule has 1 aromatic carbocycles. The fraction of sp³-hybridized carbons (Fsp3) is 0.412. The minimum atomic E-state index is 0.754. The van der Waals surface area contributed by atoms with Crippen LogP contribution in [0.3, 0.4) is 0 Å². The van der Waals surface area contributed by atoms with E-state index in [0.29, 0.717) is 0 Å². The monoisotopic (exact) mass is 331 g/mol. The summed E-state index contributed by atoms with van der Waals surface area (Å²) >= 11 is 1.75. The zero-order valence-electron chi connectivity index (χ0n) is 14.3. The molecule has 2 aromatic rings. The van der Waals surface area contributed by atoms with Crippen molar-refractivity contribution in [1.29, 1.82) is 0 Å². The largest absolute Gasteiger partial charge is 0.378 e. The highest BCUT2D eigenvalue weighted by atomic mass is 32.1. The molecule has 0 unspecified atom stereocenters. The number of aliphatic imine (C=N–C) groups is 1. The lowest BCUT2D eigenvalue weighted by Crippen LogP contribution is -2.37. The summed E-state index contributed by atoms with van der Waals surface area (Å²) in [6.45, 7) is 3.66. The number of guanidine groups is 1. The molecule has 2 N–H and O–H groups in total. The van der Waals surface area contributed by atoms with Gasteiger partial charge in [0.25, 0.3) is 0 Å². The Morgan fingerprint density at radius 3 is 2.52 bits per heavy atom. The van der Waals surface area contributed by atoms with Gasteiger partial charge in [-0.05, 0) is 24.6 Å². The highest BCUT2D eigenvalue weighted by molar-refractivity contribution is 7.11. The molecule has 0 spiro atoms. The minimum Gasteiger partial charge on any atom is -0.378 e. The summed E-state index contributed by atoms with van der Waals surface area (Å²) in [4.78, 5) is 12.0. The Morgan fingerprint density at radius 2 is 1.96 bits per heavy atom. The molecule has 0 aliphatic rings. The van der Waals surface area contributed by atoms with Gasteiger partial charge in [-0.2, -0.15) is 0 Å². The van der Waals surface area contributed by atoms with Crippen LogP contribution in [-0.2, 0) is 13.0 Å². The van der Waals surface area contributed by atoms with E-state index in [4.69, 9.17) is 0 Å². The molecular weight excluding hydrogens is 306 g/mol. The Balaban J connectivity index is 1.76. The number of anilines is 1. The number of hydrogen-bond donors (Lipinski definition) is 2. The molecule has 0 atom stereocenters. The van der Waals surface area contributed by atoms with Gasteiger partial charge < -0.3 is 15.5 Å². The average molecular weight is 331 g/mol. The lowest BCUT2D eigenvalue weighted by molar-refractivity contribution is 0.792. The zero-order chi connectivity index (χ0) is 16.7. The Bertz CT molecular complexity index is 631. The van der Waals surface area contributed by atoms with E-state index in [1.807, 2.05) is 20.3 Å². The normalized spacial score (nSPS) is 11.4. The zero-order valence-corrected chi connectivity index (χ0v) is 15.1. The smallest absolute Gasteiger partial charge is 0.191 e. The number of benzene rings is 1. The van der Waals surface area contributed by atoms with Crippen LogP contribution in [-0.4, -0.2) is 38.6 Å². The van der Waals surface area contributed by atoms with E-state index in [1.54, 1.807) is 18.4 Å². The van der Waals surface area contributed by atoms with Crippen LogP contribution in [0.5, 0.6) is 0 Å². The van der Waals surface area contributed by atoms with Gasteiger partial charge in [0, 0.05) is 57.4 Å². The van der Waals surface area contributed by atoms with Crippen molar-refractivity contribution in [3.8, 4) is 0 Å². The van der Waals surface area contributed by atoms with Gasteiger partial charge in [0.2, 0.25) is 0 Å². The summed E-state index contributed by atoms with van der Waals surface area (Å²) in [5.41, 5.74) is 2.43. The van der Waals surface area contributed by atoms with E-state index in [1.165, 1.54) is 16.1 Å². The van der Waals surface area contributed by atoms with Crippen molar-refractivity contribution < 1.29 is 0 Å². The summed E-state index contributed by atoms with van der Waals surface area (Å²) < 4.78 is 0. The van der Waals surface area contributed by atoms with Gasteiger partial charge in [-0.3, -0.25) is 4.99 Å². The third kappa shape index (κ3) is 5.56.